The highest BCUT2D eigenvalue weighted by Gasteiger charge is 2.30. The fourth-order valence-corrected chi connectivity index (χ4v) is 3.90. The molecule has 0 radical (unpaired) electrons. The van der Waals surface area contributed by atoms with Gasteiger partial charge in [-0.05, 0) is 46.1 Å². The van der Waals surface area contributed by atoms with Gasteiger partial charge in [-0.2, -0.15) is 0 Å². The number of carbonyl (C=O) groups excluding carboxylic acids is 1. The van der Waals surface area contributed by atoms with E-state index in [9.17, 15) is 13.2 Å². The van der Waals surface area contributed by atoms with E-state index in [0.29, 0.717) is 36.9 Å². The molecule has 26 heavy (non-hydrogen) atoms. The van der Waals surface area contributed by atoms with Crippen LogP contribution in [-0.4, -0.2) is 71.9 Å². The van der Waals surface area contributed by atoms with Gasteiger partial charge in [-0.1, -0.05) is 0 Å². The molecule has 8 nitrogen and oxygen atoms in total. The van der Waals surface area contributed by atoms with Gasteiger partial charge in [-0.15, -0.1) is 0 Å². The predicted molar refractivity (Wildman–Crippen MR) is 100 cm³/mol. The van der Waals surface area contributed by atoms with Crippen LogP contribution < -0.4 is 19.1 Å². The van der Waals surface area contributed by atoms with Crippen molar-refractivity contribution in [3.05, 3.63) is 18.2 Å². The molecule has 1 aliphatic heterocycles. The molecule has 0 fully saturated rings. The van der Waals surface area contributed by atoms with Crippen LogP contribution in [0, 0.1) is 0 Å². The molecule has 1 amide bonds. The molecule has 1 N–H and O–H groups in total. The van der Waals surface area contributed by atoms with Crippen LogP contribution in [0.4, 0.5) is 5.69 Å². The molecule has 1 atom stereocenters. The van der Waals surface area contributed by atoms with Gasteiger partial charge in [-0.25, -0.2) is 8.42 Å². The number of hydrogen-bond donors (Lipinski definition) is 1. The Balaban J connectivity index is 2.15. The number of benzene rings is 1. The molecular weight excluding hydrogens is 358 g/mol. The molecule has 2 rings (SSSR count). The summed E-state index contributed by atoms with van der Waals surface area (Å²) in [4.78, 5) is 14.5. The number of fused-ring (bicyclic) bond motifs is 1. The lowest BCUT2D eigenvalue weighted by Gasteiger charge is -2.29. The summed E-state index contributed by atoms with van der Waals surface area (Å²) >= 11 is 0. The van der Waals surface area contributed by atoms with Crippen LogP contribution in [0.2, 0.25) is 0 Å². The lowest BCUT2D eigenvalue weighted by molar-refractivity contribution is -0.121. The zero-order valence-corrected chi connectivity index (χ0v) is 16.5. The standard InChI is InChI=1S/C17H27N3O5S/c1-13(17(21)18-8-5-9-19(2)3)20(26(4,22)23)14-6-7-15-16(12-14)25-11-10-24-15/h6-7,12-13H,5,8-11H2,1-4H3,(H,18,21)/t13-/m1/s1. The van der Waals surface area contributed by atoms with Crippen molar-refractivity contribution >= 4 is 21.6 Å². The molecule has 0 saturated heterocycles. The van der Waals surface area contributed by atoms with E-state index in [2.05, 4.69) is 5.32 Å². The number of nitrogens with zero attached hydrogens (tertiary/aromatic N) is 2. The second-order valence-corrected chi connectivity index (χ2v) is 8.37. The minimum absolute atomic E-state index is 0.343. The molecule has 1 aliphatic rings. The maximum absolute atomic E-state index is 12.5. The van der Waals surface area contributed by atoms with Gasteiger partial charge in [0.2, 0.25) is 15.9 Å². The summed E-state index contributed by atoms with van der Waals surface area (Å²) in [5.74, 6) is 0.694. The Morgan fingerprint density at radius 3 is 2.50 bits per heavy atom. The highest BCUT2D eigenvalue weighted by molar-refractivity contribution is 7.92. The first-order valence-corrected chi connectivity index (χ1v) is 10.4. The van der Waals surface area contributed by atoms with Crippen molar-refractivity contribution in [1.29, 1.82) is 0 Å². The van der Waals surface area contributed by atoms with Gasteiger partial charge in [0.15, 0.2) is 11.5 Å². The first-order valence-electron chi connectivity index (χ1n) is 8.51. The van der Waals surface area contributed by atoms with Crippen molar-refractivity contribution in [3.63, 3.8) is 0 Å². The lowest BCUT2D eigenvalue weighted by atomic mass is 10.2. The summed E-state index contributed by atoms with van der Waals surface area (Å²) in [6.45, 7) is 3.75. The van der Waals surface area contributed by atoms with Crippen LogP contribution in [0.25, 0.3) is 0 Å². The molecule has 0 aliphatic carbocycles. The molecule has 1 aromatic rings. The van der Waals surface area contributed by atoms with Crippen LogP contribution in [0.1, 0.15) is 13.3 Å². The highest BCUT2D eigenvalue weighted by Crippen LogP contribution is 2.35. The van der Waals surface area contributed by atoms with E-state index in [1.54, 1.807) is 25.1 Å². The van der Waals surface area contributed by atoms with Crippen LogP contribution in [0.3, 0.4) is 0 Å². The van der Waals surface area contributed by atoms with Crippen LogP contribution in [0.5, 0.6) is 11.5 Å². The van der Waals surface area contributed by atoms with Crippen molar-refractivity contribution in [3.8, 4) is 11.5 Å². The van der Waals surface area contributed by atoms with Crippen molar-refractivity contribution in [2.24, 2.45) is 0 Å². The minimum Gasteiger partial charge on any atom is -0.486 e. The maximum Gasteiger partial charge on any atom is 0.243 e. The van der Waals surface area contributed by atoms with E-state index in [0.717, 1.165) is 23.5 Å². The third-order valence-corrected chi connectivity index (χ3v) is 5.19. The molecule has 0 bridgehead atoms. The van der Waals surface area contributed by atoms with E-state index in [1.807, 2.05) is 19.0 Å². The van der Waals surface area contributed by atoms with Gasteiger partial charge in [0, 0.05) is 12.6 Å². The van der Waals surface area contributed by atoms with Gasteiger partial charge >= 0.3 is 0 Å². The smallest absolute Gasteiger partial charge is 0.243 e. The monoisotopic (exact) mass is 385 g/mol. The summed E-state index contributed by atoms with van der Waals surface area (Å²) < 4.78 is 36.7. The van der Waals surface area contributed by atoms with E-state index in [-0.39, 0.29) is 5.91 Å². The number of ether oxygens (including phenoxy) is 2. The normalized spacial score (nSPS) is 14.8. The number of rotatable bonds is 8. The Morgan fingerprint density at radius 2 is 1.88 bits per heavy atom. The number of carbonyl (C=O) groups is 1. The number of hydrogen-bond acceptors (Lipinski definition) is 6. The maximum atomic E-state index is 12.5. The Morgan fingerprint density at radius 1 is 1.23 bits per heavy atom. The van der Waals surface area contributed by atoms with E-state index in [1.165, 1.54) is 0 Å². The molecule has 1 aromatic carbocycles. The Kier molecular flexibility index (Phi) is 6.71. The fraction of sp³-hybridized carbons (Fsp3) is 0.588. The fourth-order valence-electron chi connectivity index (χ4n) is 2.73. The Labute approximate surface area is 155 Å². The summed E-state index contributed by atoms with van der Waals surface area (Å²) in [5, 5.41) is 2.79. The molecule has 146 valence electrons. The predicted octanol–water partition coefficient (Wildman–Crippen LogP) is 0.680. The van der Waals surface area contributed by atoms with Crippen molar-refractivity contribution < 1.29 is 22.7 Å². The molecule has 0 spiro atoms. The molecule has 9 heteroatoms. The SMILES string of the molecule is C[C@H](C(=O)NCCCN(C)C)N(c1ccc2c(c1)OCCO2)S(C)(=O)=O. The van der Waals surface area contributed by atoms with Crippen molar-refractivity contribution in [1.82, 2.24) is 10.2 Å². The molecule has 0 saturated carbocycles. The van der Waals surface area contributed by atoms with E-state index in [4.69, 9.17) is 9.47 Å². The highest BCUT2D eigenvalue weighted by atomic mass is 32.2. The zero-order valence-electron chi connectivity index (χ0n) is 15.7. The van der Waals surface area contributed by atoms with Gasteiger partial charge in [0.1, 0.15) is 19.3 Å². The first kappa shape index (κ1) is 20.3. The first-order chi connectivity index (χ1) is 12.2. The number of sulfonamides is 1. The quantitative estimate of drug-likeness (QED) is 0.662. The molecule has 0 aromatic heterocycles. The van der Waals surface area contributed by atoms with Gasteiger partial charge in [-0.3, -0.25) is 9.10 Å². The summed E-state index contributed by atoms with van der Waals surface area (Å²) in [7, 11) is 0.247. The summed E-state index contributed by atoms with van der Waals surface area (Å²) in [5.41, 5.74) is 0.368. The Hall–Kier alpha value is -2.00. The van der Waals surface area contributed by atoms with Crippen LogP contribution in [0.15, 0.2) is 18.2 Å². The lowest BCUT2D eigenvalue weighted by Crippen LogP contribution is -2.48. The van der Waals surface area contributed by atoms with Gasteiger partial charge in [0.25, 0.3) is 0 Å². The molecular formula is C17H27N3O5S. The molecule has 1 heterocycles. The van der Waals surface area contributed by atoms with Crippen LogP contribution >= 0.6 is 0 Å². The second kappa shape index (κ2) is 8.59. The largest absolute Gasteiger partial charge is 0.486 e. The third kappa shape index (κ3) is 5.25. The minimum atomic E-state index is -3.66. The third-order valence-electron chi connectivity index (χ3n) is 3.95. The van der Waals surface area contributed by atoms with Crippen LogP contribution in [-0.2, 0) is 14.8 Å². The van der Waals surface area contributed by atoms with Crippen molar-refractivity contribution in [2.45, 2.75) is 19.4 Å². The van der Waals surface area contributed by atoms with Crippen molar-refractivity contribution in [2.75, 3.05) is 51.0 Å². The number of amides is 1. The summed E-state index contributed by atoms with van der Waals surface area (Å²) in [6.07, 6.45) is 1.87. The number of nitrogens with one attached hydrogen (secondary N) is 1. The average Bonchev–Trinajstić information content (AvgIpc) is 2.57. The van der Waals surface area contributed by atoms with E-state index >= 15 is 0 Å². The zero-order chi connectivity index (χ0) is 19.3. The second-order valence-electron chi connectivity index (χ2n) is 6.51. The molecule has 0 unspecified atom stereocenters. The van der Waals surface area contributed by atoms with Gasteiger partial charge in [0.05, 0.1) is 11.9 Å². The topological polar surface area (TPSA) is 88.2 Å². The van der Waals surface area contributed by atoms with E-state index < -0.39 is 16.1 Å². The summed E-state index contributed by atoms with van der Waals surface area (Å²) in [6, 6.07) is 3.98. The average molecular weight is 385 g/mol. The number of anilines is 1. The Bertz CT molecular complexity index is 736. The van der Waals surface area contributed by atoms with Gasteiger partial charge < -0.3 is 19.7 Å².